The molecule has 0 radical (unpaired) electrons. The van der Waals surface area contributed by atoms with Gasteiger partial charge in [-0.05, 0) is 36.8 Å². The zero-order valence-electron chi connectivity index (χ0n) is 16.6. The monoisotopic (exact) mass is 398 g/mol. The molecule has 0 spiro atoms. The third-order valence-electron chi connectivity index (χ3n) is 5.63. The molecule has 0 aliphatic carbocycles. The minimum atomic E-state index is 0.140. The fourth-order valence-electron chi connectivity index (χ4n) is 4.19. The Morgan fingerprint density at radius 1 is 1.07 bits per heavy atom. The number of fused-ring (bicyclic) bond motifs is 1. The molecule has 1 amide bonds. The second kappa shape index (κ2) is 7.92. The Balaban J connectivity index is 1.56. The fraction of sp³-hybridized carbons (Fsp3) is 0.409. The van der Waals surface area contributed by atoms with Crippen LogP contribution in [0, 0.1) is 0 Å². The van der Waals surface area contributed by atoms with E-state index in [9.17, 15) is 4.79 Å². The molecule has 3 heterocycles. The number of aryl methyl sites for hydroxylation is 1. The second-order valence-electron chi connectivity index (χ2n) is 7.48. The molecule has 2 aromatic rings. The number of aromatic nitrogens is 1. The van der Waals surface area contributed by atoms with E-state index >= 15 is 0 Å². The molecule has 0 atom stereocenters. The highest BCUT2D eigenvalue weighted by Crippen LogP contribution is 2.30. The number of anilines is 1. The quantitative estimate of drug-likeness (QED) is 0.786. The number of rotatable bonds is 4. The predicted octanol–water partition coefficient (Wildman–Crippen LogP) is 3.71. The van der Waals surface area contributed by atoms with Gasteiger partial charge in [-0.1, -0.05) is 24.6 Å². The molecule has 1 fully saturated rings. The zero-order valence-corrected chi connectivity index (χ0v) is 17.3. The van der Waals surface area contributed by atoms with Crippen LogP contribution in [0.1, 0.15) is 29.4 Å². The van der Waals surface area contributed by atoms with Gasteiger partial charge < -0.3 is 19.3 Å². The minimum absolute atomic E-state index is 0.140. The molecule has 148 valence electrons. The van der Waals surface area contributed by atoms with Crippen molar-refractivity contribution >= 4 is 28.9 Å². The van der Waals surface area contributed by atoms with E-state index in [4.69, 9.17) is 11.6 Å². The van der Waals surface area contributed by atoms with E-state index < -0.39 is 0 Å². The summed E-state index contributed by atoms with van der Waals surface area (Å²) < 4.78 is 2.08. The van der Waals surface area contributed by atoms with Crippen LogP contribution in [0.4, 0.5) is 5.69 Å². The van der Waals surface area contributed by atoms with Crippen molar-refractivity contribution in [1.82, 2.24) is 14.4 Å². The van der Waals surface area contributed by atoms with Crippen LogP contribution >= 0.6 is 11.6 Å². The first-order valence-electron chi connectivity index (χ1n) is 9.99. The Hall–Kier alpha value is -2.40. The molecule has 0 N–H and O–H groups in total. The fourth-order valence-corrected chi connectivity index (χ4v) is 4.37. The van der Waals surface area contributed by atoms with E-state index in [1.165, 1.54) is 11.4 Å². The van der Waals surface area contributed by atoms with Gasteiger partial charge in [-0.2, -0.15) is 0 Å². The number of hydrogen-bond acceptors (Lipinski definition) is 3. The molecule has 1 aromatic heterocycles. The van der Waals surface area contributed by atoms with Crippen LogP contribution < -0.4 is 4.90 Å². The van der Waals surface area contributed by atoms with E-state index in [0.717, 1.165) is 55.4 Å². The number of carbonyl (C=O) groups excluding carboxylic acids is 1. The summed E-state index contributed by atoms with van der Waals surface area (Å²) >= 11 is 6.16. The number of carbonyl (C=O) groups is 1. The Labute approximate surface area is 171 Å². The maximum absolute atomic E-state index is 13.0. The molecular formula is C22H27ClN4O. The maximum Gasteiger partial charge on any atom is 0.256 e. The molecule has 5 nitrogen and oxygen atoms in total. The van der Waals surface area contributed by atoms with Gasteiger partial charge in [0.25, 0.3) is 5.91 Å². The summed E-state index contributed by atoms with van der Waals surface area (Å²) in [6.07, 6.45) is 5.19. The number of benzene rings is 1. The standard InChI is InChI=1S/C22H27ClN4O/c1-3-9-27-11-8-20(21-19(22(27)28)7-10-24(21)2)26-14-12-25(13-15-26)18-6-4-5-17(23)16-18/h4-8,10,16H,3,9,11-15H2,1-2H3. The van der Waals surface area contributed by atoms with Crippen molar-refractivity contribution in [3.8, 4) is 0 Å². The van der Waals surface area contributed by atoms with Crippen molar-refractivity contribution in [3.63, 3.8) is 0 Å². The Kier molecular flexibility index (Phi) is 5.36. The first-order valence-corrected chi connectivity index (χ1v) is 10.4. The minimum Gasteiger partial charge on any atom is -0.368 e. The molecular weight excluding hydrogens is 372 g/mol. The summed E-state index contributed by atoms with van der Waals surface area (Å²) in [6, 6.07) is 10.0. The maximum atomic E-state index is 13.0. The van der Waals surface area contributed by atoms with Gasteiger partial charge in [0.15, 0.2) is 0 Å². The van der Waals surface area contributed by atoms with Crippen LogP contribution in [-0.2, 0) is 7.05 Å². The van der Waals surface area contributed by atoms with Gasteiger partial charge in [-0.25, -0.2) is 0 Å². The van der Waals surface area contributed by atoms with Gasteiger partial charge in [0.1, 0.15) is 0 Å². The van der Waals surface area contributed by atoms with Crippen LogP contribution in [0.5, 0.6) is 0 Å². The first-order chi connectivity index (χ1) is 13.6. The topological polar surface area (TPSA) is 31.7 Å². The molecule has 0 unspecified atom stereocenters. The molecule has 4 rings (SSSR count). The van der Waals surface area contributed by atoms with E-state index in [1.54, 1.807) is 0 Å². The van der Waals surface area contributed by atoms with E-state index in [-0.39, 0.29) is 5.91 Å². The Morgan fingerprint density at radius 2 is 1.82 bits per heavy atom. The van der Waals surface area contributed by atoms with Gasteiger partial charge in [0.05, 0.1) is 17.0 Å². The molecule has 1 aromatic carbocycles. The number of halogens is 1. The third kappa shape index (κ3) is 3.51. The van der Waals surface area contributed by atoms with E-state index in [0.29, 0.717) is 6.54 Å². The SMILES string of the molecule is CCCN1CC=C(N2CCN(c3cccc(Cl)c3)CC2)c2c(ccn2C)C1=O. The largest absolute Gasteiger partial charge is 0.368 e. The summed E-state index contributed by atoms with van der Waals surface area (Å²) in [7, 11) is 2.03. The van der Waals surface area contributed by atoms with Gasteiger partial charge in [-0.3, -0.25) is 4.79 Å². The highest BCUT2D eigenvalue weighted by Gasteiger charge is 2.29. The summed E-state index contributed by atoms with van der Waals surface area (Å²) in [6.45, 7) is 7.29. The lowest BCUT2D eigenvalue weighted by molar-refractivity contribution is 0.0775. The highest BCUT2D eigenvalue weighted by molar-refractivity contribution is 6.30. The highest BCUT2D eigenvalue weighted by atomic mass is 35.5. The second-order valence-corrected chi connectivity index (χ2v) is 7.92. The number of hydrogen-bond donors (Lipinski definition) is 0. The van der Waals surface area contributed by atoms with Crippen LogP contribution in [0.25, 0.3) is 5.70 Å². The van der Waals surface area contributed by atoms with Crippen molar-refractivity contribution in [2.24, 2.45) is 7.05 Å². The van der Waals surface area contributed by atoms with Crippen molar-refractivity contribution in [2.45, 2.75) is 13.3 Å². The van der Waals surface area contributed by atoms with E-state index in [1.807, 2.05) is 42.4 Å². The average molecular weight is 399 g/mol. The molecule has 1 saturated heterocycles. The zero-order chi connectivity index (χ0) is 19.7. The number of nitrogens with zero attached hydrogens (tertiary/aromatic N) is 4. The number of amides is 1. The lowest BCUT2D eigenvalue weighted by atomic mass is 10.1. The normalized spacial score (nSPS) is 17.5. The summed E-state index contributed by atoms with van der Waals surface area (Å²) in [5.74, 6) is 0.140. The summed E-state index contributed by atoms with van der Waals surface area (Å²) in [5, 5.41) is 0.773. The van der Waals surface area contributed by atoms with Crippen molar-refractivity contribution in [1.29, 1.82) is 0 Å². The lowest BCUT2D eigenvalue weighted by Gasteiger charge is -2.38. The van der Waals surface area contributed by atoms with Crippen LogP contribution in [0.15, 0.2) is 42.6 Å². The lowest BCUT2D eigenvalue weighted by Crippen LogP contribution is -2.45. The molecule has 28 heavy (non-hydrogen) atoms. The third-order valence-corrected chi connectivity index (χ3v) is 5.86. The van der Waals surface area contributed by atoms with Crippen molar-refractivity contribution < 1.29 is 4.79 Å². The van der Waals surface area contributed by atoms with Crippen LogP contribution in [0.3, 0.4) is 0 Å². The number of piperazine rings is 1. The van der Waals surface area contributed by atoms with Gasteiger partial charge >= 0.3 is 0 Å². The summed E-state index contributed by atoms with van der Waals surface area (Å²) in [4.78, 5) is 19.7. The first kappa shape index (κ1) is 18.9. The average Bonchev–Trinajstić information content (AvgIpc) is 3.02. The van der Waals surface area contributed by atoms with Crippen molar-refractivity contribution in [3.05, 3.63) is 58.9 Å². The van der Waals surface area contributed by atoms with Crippen LogP contribution in [0.2, 0.25) is 5.02 Å². The molecule has 2 aliphatic heterocycles. The molecule has 2 aliphatic rings. The van der Waals surface area contributed by atoms with Gasteiger partial charge in [0, 0.05) is 63.2 Å². The predicted molar refractivity (Wildman–Crippen MR) is 115 cm³/mol. The Bertz CT molecular complexity index is 896. The van der Waals surface area contributed by atoms with Crippen LogP contribution in [-0.4, -0.2) is 59.5 Å². The Morgan fingerprint density at radius 3 is 2.54 bits per heavy atom. The molecule has 0 bridgehead atoms. The smallest absolute Gasteiger partial charge is 0.256 e. The summed E-state index contributed by atoms with van der Waals surface area (Å²) in [5.41, 5.74) is 4.21. The molecule has 6 heteroatoms. The van der Waals surface area contributed by atoms with Crippen molar-refractivity contribution in [2.75, 3.05) is 44.2 Å². The van der Waals surface area contributed by atoms with E-state index in [2.05, 4.69) is 33.4 Å². The molecule has 0 saturated carbocycles. The van der Waals surface area contributed by atoms with Gasteiger partial charge in [0.2, 0.25) is 0 Å². The van der Waals surface area contributed by atoms with Gasteiger partial charge in [-0.15, -0.1) is 0 Å².